The number of methoxy groups -OCH3 is 2. The first-order valence-electron chi connectivity index (χ1n) is 9.20. The molecule has 7 nitrogen and oxygen atoms in total. The average Bonchev–Trinajstić information content (AvgIpc) is 3.19. The summed E-state index contributed by atoms with van der Waals surface area (Å²) in [6.45, 7) is 2.56. The molecule has 0 aliphatic rings. The number of nitrogens with zero attached hydrogens (tertiary/aromatic N) is 3. The molecule has 0 atom stereocenters. The second-order valence-corrected chi connectivity index (χ2v) is 6.33. The molecule has 0 radical (unpaired) electrons. The Labute approximate surface area is 167 Å². The number of imidazole rings is 1. The minimum atomic E-state index is -0.225. The van der Waals surface area contributed by atoms with Crippen molar-refractivity contribution in [3.8, 4) is 34.2 Å². The molecule has 0 fully saturated rings. The molecule has 0 spiro atoms. The van der Waals surface area contributed by atoms with E-state index in [1.54, 1.807) is 49.2 Å². The fraction of sp³-hybridized carbons (Fsp3) is 0.182. The maximum Gasteiger partial charge on any atom is 0.298 e. The third kappa shape index (κ3) is 3.42. The molecule has 7 heteroatoms. The first-order chi connectivity index (χ1) is 14.1. The largest absolute Gasteiger partial charge is 0.494 e. The fourth-order valence-corrected chi connectivity index (χ4v) is 3.19. The molecule has 0 amide bonds. The third-order valence-electron chi connectivity index (χ3n) is 4.63. The average molecular weight is 391 g/mol. The van der Waals surface area contributed by atoms with Crippen molar-refractivity contribution in [3.05, 3.63) is 71.4 Å². The first kappa shape index (κ1) is 18.6. The van der Waals surface area contributed by atoms with Crippen LogP contribution in [-0.4, -0.2) is 34.8 Å². The number of fused-ring (bicyclic) bond motifs is 1. The van der Waals surface area contributed by atoms with Crippen LogP contribution in [0.2, 0.25) is 0 Å². The Hall–Kier alpha value is -3.74. The summed E-state index contributed by atoms with van der Waals surface area (Å²) in [4.78, 5) is 17.6. The van der Waals surface area contributed by atoms with Gasteiger partial charge in [0.25, 0.3) is 5.56 Å². The van der Waals surface area contributed by atoms with E-state index >= 15 is 0 Å². The van der Waals surface area contributed by atoms with E-state index in [-0.39, 0.29) is 5.56 Å². The van der Waals surface area contributed by atoms with Gasteiger partial charge in [-0.15, -0.1) is 0 Å². The van der Waals surface area contributed by atoms with Gasteiger partial charge in [0.05, 0.1) is 32.2 Å². The van der Waals surface area contributed by atoms with Crippen LogP contribution < -0.4 is 19.8 Å². The van der Waals surface area contributed by atoms with Gasteiger partial charge in [-0.2, -0.15) is 0 Å². The van der Waals surface area contributed by atoms with Gasteiger partial charge in [0.1, 0.15) is 5.75 Å². The highest BCUT2D eigenvalue weighted by Crippen LogP contribution is 2.29. The predicted octanol–water partition coefficient (Wildman–Crippen LogP) is 3.57. The van der Waals surface area contributed by atoms with Crippen molar-refractivity contribution in [1.82, 2.24) is 14.0 Å². The maximum absolute atomic E-state index is 13.1. The molecule has 148 valence electrons. The van der Waals surface area contributed by atoms with Gasteiger partial charge >= 0.3 is 0 Å². The van der Waals surface area contributed by atoms with E-state index in [0.29, 0.717) is 29.4 Å². The van der Waals surface area contributed by atoms with Gasteiger partial charge in [0.2, 0.25) is 5.65 Å². The summed E-state index contributed by atoms with van der Waals surface area (Å²) in [6.07, 6.45) is 5.35. The van der Waals surface area contributed by atoms with Crippen molar-refractivity contribution in [2.24, 2.45) is 0 Å². The third-order valence-corrected chi connectivity index (χ3v) is 4.63. The van der Waals surface area contributed by atoms with Gasteiger partial charge in [-0.05, 0) is 43.3 Å². The van der Waals surface area contributed by atoms with Gasteiger partial charge in [-0.1, -0.05) is 0 Å². The van der Waals surface area contributed by atoms with Crippen LogP contribution in [0.25, 0.3) is 22.6 Å². The number of rotatable bonds is 6. The normalized spacial score (nSPS) is 10.9. The summed E-state index contributed by atoms with van der Waals surface area (Å²) in [5.41, 5.74) is 2.41. The van der Waals surface area contributed by atoms with Crippen molar-refractivity contribution in [2.75, 3.05) is 20.8 Å². The number of aromatic nitrogens is 3. The van der Waals surface area contributed by atoms with Crippen LogP contribution in [-0.2, 0) is 0 Å². The lowest BCUT2D eigenvalue weighted by molar-refractivity contribution is 0.340. The molecule has 2 aromatic heterocycles. The highest BCUT2D eigenvalue weighted by atomic mass is 16.5. The van der Waals surface area contributed by atoms with Crippen LogP contribution in [0.5, 0.6) is 17.2 Å². The molecule has 2 aromatic carbocycles. The molecule has 0 bridgehead atoms. The Kier molecular flexibility index (Phi) is 4.95. The van der Waals surface area contributed by atoms with E-state index < -0.39 is 0 Å². The van der Waals surface area contributed by atoms with Crippen molar-refractivity contribution in [2.45, 2.75) is 6.92 Å². The molecular weight excluding hydrogens is 370 g/mol. The number of hydrogen-bond acceptors (Lipinski definition) is 5. The Morgan fingerprint density at radius 2 is 1.72 bits per heavy atom. The molecule has 0 aliphatic carbocycles. The summed E-state index contributed by atoms with van der Waals surface area (Å²) in [5, 5.41) is 0. The van der Waals surface area contributed by atoms with Gasteiger partial charge in [-0.3, -0.25) is 9.36 Å². The van der Waals surface area contributed by atoms with E-state index in [0.717, 1.165) is 17.0 Å². The van der Waals surface area contributed by atoms with Gasteiger partial charge in [0.15, 0.2) is 11.5 Å². The number of benzene rings is 2. The summed E-state index contributed by atoms with van der Waals surface area (Å²) in [5.74, 6) is 1.95. The molecule has 0 saturated carbocycles. The summed E-state index contributed by atoms with van der Waals surface area (Å²) in [6, 6.07) is 13.0. The topological polar surface area (TPSA) is 67.0 Å². The van der Waals surface area contributed by atoms with E-state index in [2.05, 4.69) is 4.98 Å². The van der Waals surface area contributed by atoms with Crippen molar-refractivity contribution < 1.29 is 14.2 Å². The minimum absolute atomic E-state index is 0.225. The van der Waals surface area contributed by atoms with Gasteiger partial charge < -0.3 is 18.6 Å². The fourth-order valence-electron chi connectivity index (χ4n) is 3.19. The second kappa shape index (κ2) is 7.71. The quantitative estimate of drug-likeness (QED) is 0.503. The van der Waals surface area contributed by atoms with Crippen LogP contribution in [0.15, 0.2) is 65.8 Å². The first-order valence-corrected chi connectivity index (χ1v) is 9.20. The lowest BCUT2D eigenvalue weighted by Crippen LogP contribution is -2.20. The Balaban J connectivity index is 1.76. The van der Waals surface area contributed by atoms with E-state index in [4.69, 9.17) is 14.2 Å². The summed E-state index contributed by atoms with van der Waals surface area (Å²) >= 11 is 0. The van der Waals surface area contributed by atoms with Crippen LogP contribution in [0, 0.1) is 0 Å². The van der Waals surface area contributed by atoms with Crippen molar-refractivity contribution in [1.29, 1.82) is 0 Å². The Morgan fingerprint density at radius 1 is 0.966 bits per heavy atom. The van der Waals surface area contributed by atoms with Crippen molar-refractivity contribution in [3.63, 3.8) is 0 Å². The lowest BCUT2D eigenvalue weighted by Gasteiger charge is -2.11. The predicted molar refractivity (Wildman–Crippen MR) is 110 cm³/mol. The van der Waals surface area contributed by atoms with Gasteiger partial charge in [-0.25, -0.2) is 4.98 Å². The van der Waals surface area contributed by atoms with Gasteiger partial charge in [0, 0.05) is 30.2 Å². The Morgan fingerprint density at radius 3 is 2.41 bits per heavy atom. The van der Waals surface area contributed by atoms with Crippen LogP contribution in [0.3, 0.4) is 0 Å². The monoisotopic (exact) mass is 391 g/mol. The van der Waals surface area contributed by atoms with E-state index in [9.17, 15) is 4.79 Å². The smallest absolute Gasteiger partial charge is 0.298 e. The van der Waals surface area contributed by atoms with E-state index in [1.165, 1.54) is 4.57 Å². The lowest BCUT2D eigenvalue weighted by atomic mass is 10.2. The van der Waals surface area contributed by atoms with Crippen LogP contribution in [0.1, 0.15) is 6.92 Å². The SMILES string of the molecule is CCOc1ccc(-c2cn3ccn(-c4ccc(OC)c(OC)c4)c(=O)c3n2)cc1. The molecule has 0 saturated heterocycles. The standard InChI is InChI=1S/C22H21N3O4/c1-4-29-17-8-5-15(6-9-17)18-14-24-11-12-25(22(26)21(24)23-18)16-7-10-19(27-2)20(13-16)28-3/h5-14H,4H2,1-3H3. The second-order valence-electron chi connectivity index (χ2n) is 6.33. The zero-order valence-electron chi connectivity index (χ0n) is 16.5. The highest BCUT2D eigenvalue weighted by molar-refractivity contribution is 5.63. The zero-order chi connectivity index (χ0) is 20.4. The van der Waals surface area contributed by atoms with Crippen LogP contribution >= 0.6 is 0 Å². The molecule has 0 N–H and O–H groups in total. The number of ether oxygens (including phenoxy) is 3. The molecule has 0 unspecified atom stereocenters. The molecule has 2 heterocycles. The molecule has 0 aliphatic heterocycles. The minimum Gasteiger partial charge on any atom is -0.494 e. The summed E-state index contributed by atoms with van der Waals surface area (Å²) < 4.78 is 19.3. The zero-order valence-corrected chi connectivity index (χ0v) is 16.5. The van der Waals surface area contributed by atoms with Crippen molar-refractivity contribution >= 4 is 5.65 Å². The summed E-state index contributed by atoms with van der Waals surface area (Å²) in [7, 11) is 3.13. The Bertz CT molecular complexity index is 1210. The number of hydrogen-bond donors (Lipinski definition) is 0. The van der Waals surface area contributed by atoms with E-state index in [1.807, 2.05) is 37.4 Å². The maximum atomic E-state index is 13.1. The molecule has 29 heavy (non-hydrogen) atoms. The molecule has 4 rings (SSSR count). The highest BCUT2D eigenvalue weighted by Gasteiger charge is 2.12. The molecular formula is C22H21N3O4. The van der Waals surface area contributed by atoms with Crippen LogP contribution in [0.4, 0.5) is 0 Å². The molecule has 4 aromatic rings.